The largest absolute Gasteiger partial charge is 0.392 e. The zero-order valence-electron chi connectivity index (χ0n) is 15.2. The molecular weight excluding hydrogens is 335 g/mol. The molecule has 8 heteroatoms. The number of hydrogen-bond acceptors (Lipinski definition) is 3. The van der Waals surface area contributed by atoms with Gasteiger partial charge in [-0.15, -0.1) is 0 Å². The van der Waals surface area contributed by atoms with Gasteiger partial charge in [0, 0.05) is 32.6 Å². The summed E-state index contributed by atoms with van der Waals surface area (Å²) in [5.74, 6) is -1.43. The number of nitrogens with zero attached hydrogens (tertiary/aromatic N) is 2. The van der Waals surface area contributed by atoms with Crippen LogP contribution in [0.5, 0.6) is 0 Å². The summed E-state index contributed by atoms with van der Waals surface area (Å²) < 4.78 is 39.3. The molecule has 2 amide bonds. The van der Waals surface area contributed by atoms with Crippen LogP contribution in [0.3, 0.4) is 0 Å². The maximum atomic E-state index is 13.1. The Kier molecular flexibility index (Phi) is 6.01. The number of carbonyl (C=O) groups is 2. The first-order valence-corrected chi connectivity index (χ1v) is 8.83. The zero-order valence-corrected chi connectivity index (χ0v) is 15.2. The monoisotopic (exact) mass is 363 g/mol. The van der Waals surface area contributed by atoms with Crippen LogP contribution < -0.4 is 5.32 Å². The molecule has 2 aliphatic rings. The van der Waals surface area contributed by atoms with Crippen LogP contribution in [-0.2, 0) is 9.59 Å². The first-order valence-electron chi connectivity index (χ1n) is 8.83. The smallest absolute Gasteiger partial charge is 0.352 e. The molecule has 2 fully saturated rings. The topological polar surface area (TPSA) is 52.7 Å². The number of halogens is 3. The summed E-state index contributed by atoms with van der Waals surface area (Å²) >= 11 is 0. The summed E-state index contributed by atoms with van der Waals surface area (Å²) in [5.41, 5.74) is -0.899. The fourth-order valence-electron chi connectivity index (χ4n) is 4.02. The minimum atomic E-state index is -4.19. The molecule has 25 heavy (non-hydrogen) atoms. The summed E-state index contributed by atoms with van der Waals surface area (Å²) in [6, 6.07) is 0.0313. The van der Waals surface area contributed by atoms with Gasteiger partial charge in [-0.25, -0.2) is 0 Å². The molecule has 2 aliphatic heterocycles. The molecule has 0 aliphatic carbocycles. The molecule has 2 heterocycles. The van der Waals surface area contributed by atoms with Crippen LogP contribution in [0.2, 0.25) is 0 Å². The Labute approximate surface area is 146 Å². The lowest BCUT2D eigenvalue weighted by atomic mass is 9.73. The molecule has 2 saturated heterocycles. The molecule has 144 valence electrons. The fourth-order valence-corrected chi connectivity index (χ4v) is 4.02. The molecule has 0 bridgehead atoms. The van der Waals surface area contributed by atoms with Crippen molar-refractivity contribution in [1.29, 1.82) is 0 Å². The summed E-state index contributed by atoms with van der Waals surface area (Å²) in [5, 5.41) is 2.95. The van der Waals surface area contributed by atoms with Crippen LogP contribution in [0.25, 0.3) is 0 Å². The van der Waals surface area contributed by atoms with Crippen LogP contribution in [0, 0.1) is 11.3 Å². The SMILES string of the molecule is CC(=O)N1CCC(NC(=O)CN2CCC(C(F)(F)F)C(C)(C)C2)CC1. The van der Waals surface area contributed by atoms with Gasteiger partial charge in [-0.3, -0.25) is 14.5 Å². The standard InChI is InChI=1S/C17H28F3N3O2/c1-12(24)23-8-4-13(5-9-23)21-15(25)10-22-7-6-14(17(18,19)20)16(2,3)11-22/h13-14H,4-11H2,1-3H3,(H,21,25). The van der Waals surface area contributed by atoms with E-state index in [1.165, 1.54) is 6.92 Å². The fraction of sp³-hybridized carbons (Fsp3) is 0.882. The molecule has 0 radical (unpaired) electrons. The quantitative estimate of drug-likeness (QED) is 0.835. The van der Waals surface area contributed by atoms with E-state index >= 15 is 0 Å². The Bertz CT molecular complexity index is 500. The van der Waals surface area contributed by atoms with E-state index in [9.17, 15) is 22.8 Å². The lowest BCUT2D eigenvalue weighted by Crippen LogP contribution is -2.54. The van der Waals surface area contributed by atoms with Gasteiger partial charge in [0.15, 0.2) is 0 Å². The normalized spacial score (nSPS) is 25.7. The van der Waals surface area contributed by atoms with Gasteiger partial charge in [-0.05, 0) is 31.2 Å². The molecule has 1 atom stereocenters. The average molecular weight is 363 g/mol. The van der Waals surface area contributed by atoms with Crippen molar-refractivity contribution < 1.29 is 22.8 Å². The molecule has 1 N–H and O–H groups in total. The van der Waals surface area contributed by atoms with Gasteiger partial charge in [0.25, 0.3) is 0 Å². The van der Waals surface area contributed by atoms with Crippen LogP contribution in [0.15, 0.2) is 0 Å². The second-order valence-corrected chi connectivity index (χ2v) is 7.93. The van der Waals surface area contributed by atoms with E-state index in [4.69, 9.17) is 0 Å². The van der Waals surface area contributed by atoms with Crippen molar-refractivity contribution >= 4 is 11.8 Å². The van der Waals surface area contributed by atoms with Crippen molar-refractivity contribution in [3.63, 3.8) is 0 Å². The van der Waals surface area contributed by atoms with E-state index < -0.39 is 17.5 Å². The predicted octanol–water partition coefficient (Wildman–Crippen LogP) is 2.02. The number of piperidine rings is 2. The minimum Gasteiger partial charge on any atom is -0.352 e. The maximum absolute atomic E-state index is 13.1. The first-order chi connectivity index (χ1) is 11.5. The van der Waals surface area contributed by atoms with Gasteiger partial charge in [0.2, 0.25) is 11.8 Å². The van der Waals surface area contributed by atoms with Crippen LogP contribution in [0.1, 0.15) is 40.0 Å². The number of amides is 2. The van der Waals surface area contributed by atoms with E-state index in [1.807, 2.05) is 4.90 Å². The highest BCUT2D eigenvalue weighted by molar-refractivity contribution is 5.78. The van der Waals surface area contributed by atoms with E-state index in [2.05, 4.69) is 5.32 Å². The number of nitrogens with one attached hydrogen (secondary N) is 1. The van der Waals surface area contributed by atoms with E-state index in [0.29, 0.717) is 25.9 Å². The van der Waals surface area contributed by atoms with E-state index in [-0.39, 0.29) is 43.9 Å². The van der Waals surface area contributed by atoms with Crippen molar-refractivity contribution in [2.45, 2.75) is 52.3 Å². The summed E-state index contributed by atoms with van der Waals surface area (Å²) in [6.07, 6.45) is -2.73. The van der Waals surface area contributed by atoms with Gasteiger partial charge in [0.05, 0.1) is 12.5 Å². The maximum Gasteiger partial charge on any atom is 0.392 e. The van der Waals surface area contributed by atoms with Crippen molar-refractivity contribution in [1.82, 2.24) is 15.1 Å². The molecule has 0 aromatic heterocycles. The second-order valence-electron chi connectivity index (χ2n) is 7.93. The number of likely N-dealkylation sites (tertiary alicyclic amines) is 2. The highest BCUT2D eigenvalue weighted by Crippen LogP contribution is 2.44. The van der Waals surface area contributed by atoms with Crippen LogP contribution >= 0.6 is 0 Å². The molecule has 0 spiro atoms. The van der Waals surface area contributed by atoms with Gasteiger partial charge >= 0.3 is 6.18 Å². The van der Waals surface area contributed by atoms with Crippen LogP contribution in [0.4, 0.5) is 13.2 Å². The zero-order chi connectivity index (χ0) is 18.8. The van der Waals surface area contributed by atoms with Crippen molar-refractivity contribution in [2.75, 3.05) is 32.7 Å². The Balaban J connectivity index is 1.79. The van der Waals surface area contributed by atoms with Gasteiger partial charge in [0.1, 0.15) is 0 Å². The predicted molar refractivity (Wildman–Crippen MR) is 87.8 cm³/mol. The molecular formula is C17H28F3N3O2. The third-order valence-electron chi connectivity index (χ3n) is 5.38. The molecule has 0 aromatic carbocycles. The number of hydrogen-bond donors (Lipinski definition) is 1. The van der Waals surface area contributed by atoms with E-state index in [1.54, 1.807) is 18.7 Å². The first kappa shape index (κ1) is 20.0. The van der Waals surface area contributed by atoms with E-state index in [0.717, 1.165) is 0 Å². The van der Waals surface area contributed by atoms with Crippen molar-refractivity contribution in [3.8, 4) is 0 Å². The lowest BCUT2D eigenvalue weighted by Gasteiger charge is -2.44. The molecule has 0 saturated carbocycles. The summed E-state index contributed by atoms with van der Waals surface area (Å²) in [7, 11) is 0. The Hall–Kier alpha value is -1.31. The molecule has 1 unspecified atom stereocenters. The van der Waals surface area contributed by atoms with Gasteiger partial charge in [-0.2, -0.15) is 13.2 Å². The minimum absolute atomic E-state index is 0.0286. The highest BCUT2D eigenvalue weighted by atomic mass is 19.4. The Morgan fingerprint density at radius 3 is 2.20 bits per heavy atom. The molecule has 0 aromatic rings. The second kappa shape index (κ2) is 7.51. The average Bonchev–Trinajstić information content (AvgIpc) is 2.45. The number of carbonyl (C=O) groups excluding carboxylic acids is 2. The third kappa shape index (κ3) is 5.33. The number of alkyl halides is 3. The summed E-state index contributed by atoms with van der Waals surface area (Å²) in [6.45, 7) is 6.69. The summed E-state index contributed by atoms with van der Waals surface area (Å²) in [4.78, 5) is 27.1. The van der Waals surface area contributed by atoms with Crippen molar-refractivity contribution in [3.05, 3.63) is 0 Å². The third-order valence-corrected chi connectivity index (χ3v) is 5.38. The van der Waals surface area contributed by atoms with Gasteiger partial charge < -0.3 is 10.2 Å². The van der Waals surface area contributed by atoms with Crippen LogP contribution in [-0.4, -0.2) is 66.6 Å². The molecule has 5 nitrogen and oxygen atoms in total. The lowest BCUT2D eigenvalue weighted by molar-refractivity contribution is -0.216. The van der Waals surface area contributed by atoms with Crippen molar-refractivity contribution in [2.24, 2.45) is 11.3 Å². The Morgan fingerprint density at radius 2 is 1.72 bits per heavy atom. The highest BCUT2D eigenvalue weighted by Gasteiger charge is 2.51. The Morgan fingerprint density at radius 1 is 1.12 bits per heavy atom. The molecule has 2 rings (SSSR count). The number of rotatable bonds is 3. The van der Waals surface area contributed by atoms with Gasteiger partial charge in [-0.1, -0.05) is 13.8 Å².